The fourth-order valence-corrected chi connectivity index (χ4v) is 2.15. The number of halogens is 1. The molecule has 1 atom stereocenters. The lowest BCUT2D eigenvalue weighted by atomic mass is 10.1. The van der Waals surface area contributed by atoms with Crippen molar-refractivity contribution in [1.82, 2.24) is 19.9 Å². The summed E-state index contributed by atoms with van der Waals surface area (Å²) in [5, 5.41) is 3.28. The lowest BCUT2D eigenvalue weighted by molar-refractivity contribution is 0.465. The third-order valence-corrected chi connectivity index (χ3v) is 3.15. The molecule has 2 heterocycles. The lowest BCUT2D eigenvalue weighted by Crippen LogP contribution is -2.24. The molecule has 0 spiro atoms. The van der Waals surface area contributed by atoms with Gasteiger partial charge in [-0.2, -0.15) is 0 Å². The molecule has 0 aromatic carbocycles. The molecule has 5 heteroatoms. The number of nitrogens with zero attached hydrogens (tertiary/aromatic N) is 3. The Labute approximate surface area is 112 Å². The van der Waals surface area contributed by atoms with E-state index in [2.05, 4.69) is 15.3 Å². The van der Waals surface area contributed by atoms with Gasteiger partial charge < -0.3 is 9.88 Å². The van der Waals surface area contributed by atoms with Crippen molar-refractivity contribution in [3.8, 4) is 0 Å². The van der Waals surface area contributed by atoms with E-state index in [4.69, 9.17) is 0 Å². The molecule has 0 fully saturated rings. The first-order chi connectivity index (χ1) is 9.22. The number of imidazole rings is 1. The van der Waals surface area contributed by atoms with E-state index < -0.39 is 0 Å². The number of rotatable bonds is 6. The molecule has 1 unspecified atom stereocenters. The molecule has 1 N–H and O–H groups in total. The molecule has 2 aromatic heterocycles. The third-order valence-electron chi connectivity index (χ3n) is 3.15. The minimum Gasteiger partial charge on any atom is -0.338 e. The van der Waals surface area contributed by atoms with Gasteiger partial charge in [0, 0.05) is 32.1 Å². The first-order valence-corrected chi connectivity index (χ1v) is 6.52. The summed E-state index contributed by atoms with van der Waals surface area (Å²) in [5.74, 6) is 0.743. The normalized spacial score (nSPS) is 12.6. The molecule has 2 rings (SSSR count). The lowest BCUT2D eigenvalue weighted by Gasteiger charge is -2.17. The Balaban J connectivity index is 2.09. The van der Waals surface area contributed by atoms with E-state index >= 15 is 0 Å². The summed E-state index contributed by atoms with van der Waals surface area (Å²) in [7, 11) is 1.96. The maximum Gasteiger partial charge on any atom is 0.146 e. The average Bonchev–Trinajstić information content (AvgIpc) is 2.81. The fraction of sp³-hybridized carbons (Fsp3) is 0.429. The standard InChI is InChI=1S/C14H19FN4/c1-3-16-12(14-11(15)5-4-8-18-14)6-7-13-17-9-10-19(13)2/h4-5,8-10,12,16H,3,6-7H2,1-2H3. The third kappa shape index (κ3) is 3.38. The van der Waals surface area contributed by atoms with Crippen LogP contribution in [-0.2, 0) is 13.5 Å². The highest BCUT2D eigenvalue weighted by molar-refractivity contribution is 5.12. The van der Waals surface area contributed by atoms with Crippen LogP contribution in [0.3, 0.4) is 0 Å². The van der Waals surface area contributed by atoms with E-state index in [1.165, 1.54) is 6.07 Å². The van der Waals surface area contributed by atoms with Gasteiger partial charge in [-0.05, 0) is 25.1 Å². The summed E-state index contributed by atoms with van der Waals surface area (Å²) in [6, 6.07) is 2.98. The van der Waals surface area contributed by atoms with E-state index in [1.807, 2.05) is 24.7 Å². The molecular weight excluding hydrogens is 243 g/mol. The van der Waals surface area contributed by atoms with Gasteiger partial charge in [-0.3, -0.25) is 4.98 Å². The van der Waals surface area contributed by atoms with Crippen LogP contribution in [0.25, 0.3) is 0 Å². The van der Waals surface area contributed by atoms with Gasteiger partial charge in [0.2, 0.25) is 0 Å². The molecule has 0 aliphatic carbocycles. The van der Waals surface area contributed by atoms with Gasteiger partial charge in [0.05, 0.1) is 11.7 Å². The Morgan fingerprint density at radius 3 is 2.84 bits per heavy atom. The summed E-state index contributed by atoms with van der Waals surface area (Å²) in [5.41, 5.74) is 0.485. The van der Waals surface area contributed by atoms with Crippen molar-refractivity contribution in [2.45, 2.75) is 25.8 Å². The van der Waals surface area contributed by atoms with Gasteiger partial charge in [0.1, 0.15) is 11.6 Å². The Kier molecular flexibility index (Phi) is 4.63. The Morgan fingerprint density at radius 2 is 2.21 bits per heavy atom. The van der Waals surface area contributed by atoms with Gasteiger partial charge >= 0.3 is 0 Å². The van der Waals surface area contributed by atoms with Gasteiger partial charge in [-0.15, -0.1) is 0 Å². The zero-order valence-corrected chi connectivity index (χ0v) is 11.3. The summed E-state index contributed by atoms with van der Waals surface area (Å²) < 4.78 is 15.8. The van der Waals surface area contributed by atoms with Gasteiger partial charge in [0.25, 0.3) is 0 Å². The van der Waals surface area contributed by atoms with Crippen molar-refractivity contribution in [2.75, 3.05) is 6.54 Å². The summed E-state index contributed by atoms with van der Waals surface area (Å²) >= 11 is 0. The minimum atomic E-state index is -0.256. The molecule has 2 aromatic rings. The minimum absolute atomic E-state index is 0.0806. The van der Waals surface area contributed by atoms with E-state index in [1.54, 1.807) is 18.5 Å². The van der Waals surface area contributed by atoms with Crippen molar-refractivity contribution in [1.29, 1.82) is 0 Å². The molecular formula is C14H19FN4. The predicted molar refractivity (Wildman–Crippen MR) is 72.1 cm³/mol. The van der Waals surface area contributed by atoms with Crippen molar-refractivity contribution in [3.63, 3.8) is 0 Å². The summed E-state index contributed by atoms with van der Waals surface area (Å²) in [4.78, 5) is 8.44. The highest BCUT2D eigenvalue weighted by atomic mass is 19.1. The van der Waals surface area contributed by atoms with Gasteiger partial charge in [-0.1, -0.05) is 6.92 Å². The van der Waals surface area contributed by atoms with Gasteiger partial charge in [0.15, 0.2) is 0 Å². The number of aromatic nitrogens is 3. The highest BCUT2D eigenvalue weighted by Gasteiger charge is 2.16. The number of nitrogens with one attached hydrogen (secondary N) is 1. The van der Waals surface area contributed by atoms with E-state index in [9.17, 15) is 4.39 Å². The van der Waals surface area contributed by atoms with Crippen LogP contribution in [-0.4, -0.2) is 21.1 Å². The molecule has 19 heavy (non-hydrogen) atoms. The fourth-order valence-electron chi connectivity index (χ4n) is 2.15. The zero-order valence-electron chi connectivity index (χ0n) is 11.3. The molecule has 0 amide bonds. The highest BCUT2D eigenvalue weighted by Crippen LogP contribution is 2.19. The van der Waals surface area contributed by atoms with E-state index in [0.717, 1.165) is 25.2 Å². The van der Waals surface area contributed by atoms with Crippen LogP contribution < -0.4 is 5.32 Å². The molecule has 0 aliphatic heterocycles. The van der Waals surface area contributed by atoms with Crippen LogP contribution in [0.1, 0.15) is 30.9 Å². The van der Waals surface area contributed by atoms with Crippen LogP contribution >= 0.6 is 0 Å². The quantitative estimate of drug-likeness (QED) is 0.868. The van der Waals surface area contributed by atoms with Crippen molar-refractivity contribution in [3.05, 3.63) is 48.1 Å². The second-order valence-electron chi connectivity index (χ2n) is 4.47. The Bertz CT molecular complexity index is 524. The SMILES string of the molecule is CCNC(CCc1nccn1C)c1ncccc1F. The predicted octanol–water partition coefficient (Wildman–Crippen LogP) is 2.24. The average molecular weight is 262 g/mol. The van der Waals surface area contributed by atoms with Crippen LogP contribution in [0.2, 0.25) is 0 Å². The zero-order chi connectivity index (χ0) is 13.7. The number of hydrogen-bond donors (Lipinski definition) is 1. The second kappa shape index (κ2) is 6.43. The molecule has 0 bridgehead atoms. The number of aryl methyl sites for hydroxylation is 2. The van der Waals surface area contributed by atoms with Gasteiger partial charge in [-0.25, -0.2) is 9.37 Å². The largest absolute Gasteiger partial charge is 0.338 e. The van der Waals surface area contributed by atoms with Crippen LogP contribution in [0.5, 0.6) is 0 Å². The van der Waals surface area contributed by atoms with E-state index in [0.29, 0.717) is 5.69 Å². The first-order valence-electron chi connectivity index (χ1n) is 6.52. The van der Waals surface area contributed by atoms with Crippen molar-refractivity contribution >= 4 is 0 Å². The Morgan fingerprint density at radius 1 is 1.37 bits per heavy atom. The second-order valence-corrected chi connectivity index (χ2v) is 4.47. The van der Waals surface area contributed by atoms with Crippen LogP contribution in [0, 0.1) is 5.82 Å². The smallest absolute Gasteiger partial charge is 0.146 e. The van der Waals surface area contributed by atoms with E-state index in [-0.39, 0.29) is 11.9 Å². The molecule has 0 radical (unpaired) electrons. The molecule has 4 nitrogen and oxygen atoms in total. The van der Waals surface area contributed by atoms with Crippen molar-refractivity contribution in [2.24, 2.45) is 7.05 Å². The Hall–Kier alpha value is -1.75. The summed E-state index contributed by atoms with van der Waals surface area (Å²) in [6.07, 6.45) is 6.88. The van der Waals surface area contributed by atoms with Crippen LogP contribution in [0.4, 0.5) is 4.39 Å². The molecule has 0 saturated carbocycles. The molecule has 102 valence electrons. The number of hydrogen-bond acceptors (Lipinski definition) is 3. The topological polar surface area (TPSA) is 42.7 Å². The van der Waals surface area contributed by atoms with Crippen LogP contribution in [0.15, 0.2) is 30.7 Å². The maximum atomic E-state index is 13.8. The summed E-state index contributed by atoms with van der Waals surface area (Å²) in [6.45, 7) is 2.79. The maximum absolute atomic E-state index is 13.8. The first kappa shape index (κ1) is 13.7. The molecule has 0 saturated heterocycles. The van der Waals surface area contributed by atoms with Crippen molar-refractivity contribution < 1.29 is 4.39 Å². The monoisotopic (exact) mass is 262 g/mol. The number of pyridine rings is 1. The molecule has 0 aliphatic rings.